The molecule has 1 N–H and O–H groups in total. The van der Waals surface area contributed by atoms with Gasteiger partial charge in [0.15, 0.2) is 5.82 Å². The van der Waals surface area contributed by atoms with E-state index in [9.17, 15) is 9.90 Å². The van der Waals surface area contributed by atoms with Crippen LogP contribution >= 0.6 is 0 Å². The largest absolute Gasteiger partial charge is 0.481 e. The maximum absolute atomic E-state index is 11.4. The highest BCUT2D eigenvalue weighted by Crippen LogP contribution is 2.42. The van der Waals surface area contributed by atoms with Crippen LogP contribution in [-0.4, -0.2) is 31.3 Å². The molecule has 1 unspecified atom stereocenters. The maximum Gasteiger partial charge on any atom is 0.311 e. The standard InChI is InChI=1S/C12H20N4O2/c1-3-5-9(2)10-13-14-15-16(10)8-12(11(17)18)6-4-7-12/h9H,3-8H2,1-2H3,(H,17,18). The maximum atomic E-state index is 11.4. The van der Waals surface area contributed by atoms with Gasteiger partial charge < -0.3 is 5.11 Å². The van der Waals surface area contributed by atoms with Crippen molar-refractivity contribution in [2.24, 2.45) is 5.41 Å². The van der Waals surface area contributed by atoms with Crippen molar-refractivity contribution in [1.82, 2.24) is 20.2 Å². The summed E-state index contributed by atoms with van der Waals surface area (Å²) in [6, 6.07) is 0. The summed E-state index contributed by atoms with van der Waals surface area (Å²) in [6.07, 6.45) is 4.51. The van der Waals surface area contributed by atoms with Crippen LogP contribution in [0.5, 0.6) is 0 Å². The Morgan fingerprint density at radius 3 is 2.78 bits per heavy atom. The SMILES string of the molecule is CCCC(C)c1nnnn1CC1(C(=O)O)CCC1. The topological polar surface area (TPSA) is 80.9 Å². The number of tetrazole rings is 1. The molecule has 1 aliphatic carbocycles. The van der Waals surface area contributed by atoms with Gasteiger partial charge in [-0.1, -0.05) is 26.7 Å². The third-order valence-electron chi connectivity index (χ3n) is 3.94. The first kappa shape index (κ1) is 13.0. The first-order valence-electron chi connectivity index (χ1n) is 6.58. The summed E-state index contributed by atoms with van der Waals surface area (Å²) in [5.74, 6) is 0.360. The van der Waals surface area contributed by atoms with Gasteiger partial charge in [-0.2, -0.15) is 0 Å². The molecule has 100 valence electrons. The van der Waals surface area contributed by atoms with Crippen LogP contribution in [0.1, 0.15) is 57.7 Å². The van der Waals surface area contributed by atoms with Crippen LogP contribution in [0.2, 0.25) is 0 Å². The number of carboxylic acid groups (broad SMARTS) is 1. The van der Waals surface area contributed by atoms with Crippen molar-refractivity contribution in [3.63, 3.8) is 0 Å². The minimum absolute atomic E-state index is 0.274. The van der Waals surface area contributed by atoms with Crippen molar-refractivity contribution in [3.8, 4) is 0 Å². The second-order valence-electron chi connectivity index (χ2n) is 5.32. The summed E-state index contributed by atoms with van der Waals surface area (Å²) in [5, 5.41) is 21.0. The van der Waals surface area contributed by atoms with E-state index in [1.54, 1.807) is 4.68 Å². The Bertz CT molecular complexity index is 425. The zero-order valence-corrected chi connectivity index (χ0v) is 11.0. The molecule has 1 heterocycles. The molecule has 1 saturated carbocycles. The molecule has 1 fully saturated rings. The van der Waals surface area contributed by atoms with Crippen molar-refractivity contribution in [2.45, 2.75) is 58.4 Å². The number of carbonyl (C=O) groups is 1. The Labute approximate surface area is 106 Å². The molecule has 1 aliphatic rings. The number of hydrogen-bond acceptors (Lipinski definition) is 4. The zero-order chi connectivity index (χ0) is 13.2. The van der Waals surface area contributed by atoms with Crippen molar-refractivity contribution in [3.05, 3.63) is 5.82 Å². The molecule has 0 spiro atoms. The summed E-state index contributed by atoms with van der Waals surface area (Å²) >= 11 is 0. The molecule has 1 aromatic rings. The minimum Gasteiger partial charge on any atom is -0.481 e. The van der Waals surface area contributed by atoms with Crippen LogP contribution < -0.4 is 0 Å². The molecule has 1 aromatic heterocycles. The van der Waals surface area contributed by atoms with Gasteiger partial charge in [0.1, 0.15) is 0 Å². The first-order chi connectivity index (χ1) is 8.59. The van der Waals surface area contributed by atoms with E-state index in [0.29, 0.717) is 6.54 Å². The molecule has 0 radical (unpaired) electrons. The Balaban J connectivity index is 2.14. The van der Waals surface area contributed by atoms with Gasteiger partial charge in [-0.25, -0.2) is 4.68 Å². The lowest BCUT2D eigenvalue weighted by atomic mass is 9.69. The Morgan fingerprint density at radius 2 is 2.28 bits per heavy atom. The van der Waals surface area contributed by atoms with E-state index >= 15 is 0 Å². The molecular weight excluding hydrogens is 232 g/mol. The van der Waals surface area contributed by atoms with E-state index in [1.807, 2.05) is 0 Å². The molecule has 2 rings (SSSR count). The molecular formula is C12H20N4O2. The lowest BCUT2D eigenvalue weighted by molar-refractivity contribution is -0.156. The average molecular weight is 252 g/mol. The van der Waals surface area contributed by atoms with E-state index < -0.39 is 11.4 Å². The van der Waals surface area contributed by atoms with Gasteiger partial charge in [0.2, 0.25) is 0 Å². The summed E-state index contributed by atoms with van der Waals surface area (Å²) in [4.78, 5) is 11.4. The summed E-state index contributed by atoms with van der Waals surface area (Å²) in [6.45, 7) is 4.61. The average Bonchev–Trinajstić information content (AvgIpc) is 2.71. The van der Waals surface area contributed by atoms with Gasteiger partial charge in [0, 0.05) is 5.92 Å². The molecule has 18 heavy (non-hydrogen) atoms. The monoisotopic (exact) mass is 252 g/mol. The normalized spacial score (nSPS) is 19.2. The summed E-state index contributed by atoms with van der Waals surface area (Å²) in [7, 11) is 0. The second kappa shape index (κ2) is 5.04. The van der Waals surface area contributed by atoms with Gasteiger partial charge in [-0.15, -0.1) is 5.10 Å². The molecule has 1 atom stereocenters. The van der Waals surface area contributed by atoms with Crippen LogP contribution in [0, 0.1) is 5.41 Å². The summed E-state index contributed by atoms with van der Waals surface area (Å²) < 4.78 is 1.69. The number of hydrogen-bond donors (Lipinski definition) is 1. The highest BCUT2D eigenvalue weighted by molar-refractivity contribution is 5.75. The van der Waals surface area contributed by atoms with E-state index in [1.165, 1.54) is 0 Å². The molecule has 0 amide bonds. The molecule has 0 aliphatic heterocycles. The fourth-order valence-electron chi connectivity index (χ4n) is 2.57. The Hall–Kier alpha value is -1.46. The van der Waals surface area contributed by atoms with E-state index in [0.717, 1.165) is 37.9 Å². The molecule has 0 saturated heterocycles. The Morgan fingerprint density at radius 1 is 1.56 bits per heavy atom. The molecule has 0 aromatic carbocycles. The van der Waals surface area contributed by atoms with Crippen molar-refractivity contribution in [2.75, 3.05) is 0 Å². The van der Waals surface area contributed by atoms with Gasteiger partial charge in [0.25, 0.3) is 0 Å². The third-order valence-corrected chi connectivity index (χ3v) is 3.94. The number of rotatable bonds is 6. The van der Waals surface area contributed by atoms with Crippen molar-refractivity contribution >= 4 is 5.97 Å². The van der Waals surface area contributed by atoms with Gasteiger partial charge in [-0.3, -0.25) is 4.79 Å². The second-order valence-corrected chi connectivity index (χ2v) is 5.32. The number of aromatic nitrogens is 4. The van der Waals surface area contributed by atoms with Gasteiger partial charge in [0.05, 0.1) is 12.0 Å². The van der Waals surface area contributed by atoms with E-state index in [-0.39, 0.29) is 5.92 Å². The lowest BCUT2D eigenvalue weighted by Crippen LogP contribution is -2.42. The third kappa shape index (κ3) is 2.23. The quantitative estimate of drug-likeness (QED) is 0.835. The van der Waals surface area contributed by atoms with Gasteiger partial charge in [-0.05, 0) is 29.7 Å². The lowest BCUT2D eigenvalue weighted by Gasteiger charge is -2.37. The highest BCUT2D eigenvalue weighted by Gasteiger charge is 2.45. The van der Waals surface area contributed by atoms with Crippen LogP contribution in [0.25, 0.3) is 0 Å². The number of carboxylic acids is 1. The predicted molar refractivity (Wildman–Crippen MR) is 65.1 cm³/mol. The number of nitrogens with zero attached hydrogens (tertiary/aromatic N) is 4. The Kier molecular flexibility index (Phi) is 3.63. The van der Waals surface area contributed by atoms with Crippen LogP contribution in [-0.2, 0) is 11.3 Å². The fraction of sp³-hybridized carbons (Fsp3) is 0.833. The van der Waals surface area contributed by atoms with Crippen molar-refractivity contribution < 1.29 is 9.90 Å². The molecule has 6 heteroatoms. The molecule has 0 bridgehead atoms. The highest BCUT2D eigenvalue weighted by atomic mass is 16.4. The summed E-state index contributed by atoms with van der Waals surface area (Å²) in [5.41, 5.74) is -0.643. The van der Waals surface area contributed by atoms with Crippen LogP contribution in [0.15, 0.2) is 0 Å². The zero-order valence-electron chi connectivity index (χ0n) is 11.0. The fourth-order valence-corrected chi connectivity index (χ4v) is 2.57. The van der Waals surface area contributed by atoms with Gasteiger partial charge >= 0.3 is 5.97 Å². The van der Waals surface area contributed by atoms with Crippen LogP contribution in [0.4, 0.5) is 0 Å². The predicted octanol–water partition coefficient (Wildman–Crippen LogP) is 1.83. The number of aliphatic carboxylic acids is 1. The van der Waals surface area contributed by atoms with E-state index in [2.05, 4.69) is 29.4 Å². The van der Waals surface area contributed by atoms with Crippen molar-refractivity contribution in [1.29, 1.82) is 0 Å². The minimum atomic E-state index is -0.724. The first-order valence-corrected chi connectivity index (χ1v) is 6.58. The molecule has 6 nitrogen and oxygen atoms in total. The van der Waals surface area contributed by atoms with E-state index in [4.69, 9.17) is 0 Å². The van der Waals surface area contributed by atoms with Crippen LogP contribution in [0.3, 0.4) is 0 Å². The smallest absolute Gasteiger partial charge is 0.311 e.